The van der Waals surface area contributed by atoms with Crippen molar-refractivity contribution in [2.75, 3.05) is 5.73 Å². The zero-order valence-corrected chi connectivity index (χ0v) is 9.56. The van der Waals surface area contributed by atoms with Gasteiger partial charge in [0.15, 0.2) is 0 Å². The highest BCUT2D eigenvalue weighted by molar-refractivity contribution is 5.44. The maximum Gasteiger partial charge on any atom is 0.137 e. The summed E-state index contributed by atoms with van der Waals surface area (Å²) in [6, 6.07) is 13.2. The third-order valence-electron chi connectivity index (χ3n) is 2.38. The fourth-order valence-corrected chi connectivity index (χ4v) is 1.60. The van der Waals surface area contributed by atoms with Crippen LogP contribution in [-0.2, 0) is 6.61 Å². The second kappa shape index (κ2) is 5.19. The van der Waals surface area contributed by atoms with Gasteiger partial charge in [-0.3, -0.25) is 0 Å². The lowest BCUT2D eigenvalue weighted by Gasteiger charge is -2.08. The van der Waals surface area contributed by atoms with Crippen molar-refractivity contribution in [1.82, 2.24) is 0 Å². The van der Waals surface area contributed by atoms with E-state index in [4.69, 9.17) is 15.7 Å². The molecule has 0 unspecified atom stereocenters. The summed E-state index contributed by atoms with van der Waals surface area (Å²) in [7, 11) is 0. The topological polar surface area (TPSA) is 59.0 Å². The second-order valence-electron chi connectivity index (χ2n) is 3.79. The molecule has 4 heteroatoms. The highest BCUT2D eigenvalue weighted by Crippen LogP contribution is 2.19. The van der Waals surface area contributed by atoms with E-state index in [-0.39, 0.29) is 6.61 Å². The van der Waals surface area contributed by atoms with Gasteiger partial charge in [-0.1, -0.05) is 12.1 Å². The van der Waals surface area contributed by atoms with E-state index in [2.05, 4.69) is 0 Å². The van der Waals surface area contributed by atoms with Crippen LogP contribution in [-0.4, -0.2) is 0 Å². The van der Waals surface area contributed by atoms with Crippen LogP contribution in [0.4, 0.5) is 10.1 Å². The smallest absolute Gasteiger partial charge is 0.137 e. The van der Waals surface area contributed by atoms with Gasteiger partial charge in [-0.15, -0.1) is 0 Å². The van der Waals surface area contributed by atoms with E-state index >= 15 is 0 Å². The van der Waals surface area contributed by atoms with Gasteiger partial charge in [-0.25, -0.2) is 4.39 Å². The van der Waals surface area contributed by atoms with Gasteiger partial charge in [0.2, 0.25) is 0 Å². The maximum absolute atomic E-state index is 13.1. The van der Waals surface area contributed by atoms with Crippen molar-refractivity contribution in [3.8, 4) is 11.8 Å². The van der Waals surface area contributed by atoms with Crippen molar-refractivity contribution in [3.63, 3.8) is 0 Å². The van der Waals surface area contributed by atoms with Crippen LogP contribution >= 0.6 is 0 Å². The summed E-state index contributed by atoms with van der Waals surface area (Å²) in [5, 5.41) is 8.89. The summed E-state index contributed by atoms with van der Waals surface area (Å²) >= 11 is 0. The molecule has 18 heavy (non-hydrogen) atoms. The predicted octanol–water partition coefficient (Wildman–Crippen LogP) is 2.86. The Labute approximate surface area is 104 Å². The SMILES string of the molecule is N#Cc1ccccc1OCc1cc(N)cc(F)c1. The molecule has 90 valence electrons. The van der Waals surface area contributed by atoms with Crippen LogP contribution in [0.1, 0.15) is 11.1 Å². The third kappa shape index (κ3) is 2.77. The molecule has 0 atom stereocenters. The van der Waals surface area contributed by atoms with E-state index in [1.807, 2.05) is 6.07 Å². The summed E-state index contributed by atoms with van der Waals surface area (Å²) in [4.78, 5) is 0. The van der Waals surface area contributed by atoms with E-state index in [1.165, 1.54) is 12.1 Å². The molecule has 2 aromatic rings. The van der Waals surface area contributed by atoms with E-state index in [9.17, 15) is 4.39 Å². The highest BCUT2D eigenvalue weighted by atomic mass is 19.1. The molecule has 0 radical (unpaired) electrons. The fourth-order valence-electron chi connectivity index (χ4n) is 1.60. The normalized spacial score (nSPS) is 9.78. The van der Waals surface area contributed by atoms with Gasteiger partial charge >= 0.3 is 0 Å². The van der Waals surface area contributed by atoms with Gasteiger partial charge < -0.3 is 10.5 Å². The third-order valence-corrected chi connectivity index (χ3v) is 2.38. The molecular formula is C14H11FN2O. The van der Waals surface area contributed by atoms with Crippen molar-refractivity contribution in [3.05, 3.63) is 59.4 Å². The van der Waals surface area contributed by atoms with Gasteiger partial charge in [0.25, 0.3) is 0 Å². The number of para-hydroxylation sites is 1. The van der Waals surface area contributed by atoms with Crippen molar-refractivity contribution >= 4 is 5.69 Å². The quantitative estimate of drug-likeness (QED) is 0.842. The van der Waals surface area contributed by atoms with Crippen molar-refractivity contribution in [2.45, 2.75) is 6.61 Å². The Morgan fingerprint density at radius 3 is 2.72 bits per heavy atom. The molecule has 0 spiro atoms. The number of nitrogens with zero attached hydrogens (tertiary/aromatic N) is 1. The Morgan fingerprint density at radius 1 is 1.22 bits per heavy atom. The standard InChI is InChI=1S/C14H11FN2O/c15-12-5-10(6-13(17)7-12)9-18-14-4-2-1-3-11(14)8-16/h1-7H,9,17H2. The van der Waals surface area contributed by atoms with Gasteiger partial charge in [0.1, 0.15) is 24.2 Å². The Hall–Kier alpha value is -2.54. The Bertz CT molecular complexity index is 585. The molecule has 0 aliphatic carbocycles. The molecule has 0 aromatic heterocycles. The molecule has 2 aromatic carbocycles. The molecular weight excluding hydrogens is 231 g/mol. The number of hydrogen-bond acceptors (Lipinski definition) is 3. The number of nitrogens with two attached hydrogens (primary N) is 1. The zero-order chi connectivity index (χ0) is 13.0. The van der Waals surface area contributed by atoms with Crippen LogP contribution in [0.15, 0.2) is 42.5 Å². The lowest BCUT2D eigenvalue weighted by atomic mass is 10.2. The summed E-state index contributed by atoms with van der Waals surface area (Å²) in [6.45, 7) is 0.167. The van der Waals surface area contributed by atoms with Crippen LogP contribution in [0.25, 0.3) is 0 Å². The average Bonchev–Trinajstić information content (AvgIpc) is 2.35. The summed E-state index contributed by atoms with van der Waals surface area (Å²) < 4.78 is 18.6. The number of nitriles is 1. The number of rotatable bonds is 3. The number of halogens is 1. The fraction of sp³-hybridized carbons (Fsp3) is 0.0714. The first-order valence-electron chi connectivity index (χ1n) is 5.36. The van der Waals surface area contributed by atoms with Crippen LogP contribution in [0, 0.1) is 17.1 Å². The first-order chi connectivity index (χ1) is 8.69. The number of benzene rings is 2. The van der Waals surface area contributed by atoms with Crippen molar-refractivity contribution in [1.29, 1.82) is 5.26 Å². The Morgan fingerprint density at radius 2 is 2.00 bits per heavy atom. The van der Waals surface area contributed by atoms with E-state index in [0.717, 1.165) is 0 Å². The van der Waals surface area contributed by atoms with Crippen LogP contribution in [0.2, 0.25) is 0 Å². The van der Waals surface area contributed by atoms with Gasteiger partial charge in [0, 0.05) is 5.69 Å². The predicted molar refractivity (Wildman–Crippen MR) is 66.3 cm³/mol. The molecule has 0 saturated heterocycles. The Balaban J connectivity index is 2.14. The molecule has 0 amide bonds. The monoisotopic (exact) mass is 242 g/mol. The summed E-state index contributed by atoms with van der Waals surface area (Å²) in [5.74, 6) is 0.0741. The molecule has 2 N–H and O–H groups in total. The molecule has 3 nitrogen and oxygen atoms in total. The van der Waals surface area contributed by atoms with Crippen LogP contribution in [0.3, 0.4) is 0 Å². The molecule has 0 aliphatic heterocycles. The molecule has 0 fully saturated rings. The van der Waals surface area contributed by atoms with Crippen molar-refractivity contribution in [2.24, 2.45) is 0 Å². The molecule has 0 heterocycles. The molecule has 2 rings (SSSR count). The van der Waals surface area contributed by atoms with E-state index in [0.29, 0.717) is 22.6 Å². The number of hydrogen-bond donors (Lipinski definition) is 1. The number of nitrogen functional groups attached to an aromatic ring is 1. The van der Waals surface area contributed by atoms with Gasteiger partial charge in [-0.2, -0.15) is 5.26 Å². The lowest BCUT2D eigenvalue weighted by molar-refractivity contribution is 0.305. The maximum atomic E-state index is 13.1. The number of anilines is 1. The first kappa shape index (κ1) is 11.9. The van der Waals surface area contributed by atoms with Gasteiger partial charge in [-0.05, 0) is 35.9 Å². The van der Waals surface area contributed by atoms with Gasteiger partial charge in [0.05, 0.1) is 5.56 Å². The zero-order valence-electron chi connectivity index (χ0n) is 9.56. The van der Waals surface area contributed by atoms with E-state index < -0.39 is 5.82 Å². The van der Waals surface area contributed by atoms with Crippen LogP contribution in [0.5, 0.6) is 5.75 Å². The highest BCUT2D eigenvalue weighted by Gasteiger charge is 2.03. The van der Waals surface area contributed by atoms with Crippen molar-refractivity contribution < 1.29 is 9.13 Å². The average molecular weight is 242 g/mol. The summed E-state index contributed by atoms with van der Waals surface area (Å²) in [5.41, 5.74) is 6.96. The molecule has 0 aliphatic rings. The first-order valence-corrected chi connectivity index (χ1v) is 5.36. The lowest BCUT2D eigenvalue weighted by Crippen LogP contribution is -1.99. The Kier molecular flexibility index (Phi) is 3.44. The number of ether oxygens (including phenoxy) is 1. The minimum atomic E-state index is -0.401. The molecule has 0 saturated carbocycles. The van der Waals surface area contributed by atoms with E-state index in [1.54, 1.807) is 30.3 Å². The minimum Gasteiger partial charge on any atom is -0.488 e. The van der Waals surface area contributed by atoms with Crippen LogP contribution < -0.4 is 10.5 Å². The minimum absolute atomic E-state index is 0.167. The largest absolute Gasteiger partial charge is 0.488 e. The molecule has 0 bridgehead atoms. The second-order valence-corrected chi connectivity index (χ2v) is 3.79. The summed E-state index contributed by atoms with van der Waals surface area (Å²) in [6.07, 6.45) is 0.